The zero-order valence-corrected chi connectivity index (χ0v) is 62.5. The summed E-state index contributed by atoms with van der Waals surface area (Å²) in [6.07, 6.45) is 91.1. The van der Waals surface area contributed by atoms with Crippen LogP contribution in [0.25, 0.3) is 0 Å². The van der Waals surface area contributed by atoms with Gasteiger partial charge in [0.2, 0.25) is 5.91 Å². The van der Waals surface area contributed by atoms with E-state index in [4.69, 9.17) is 13.8 Å². The van der Waals surface area contributed by atoms with Gasteiger partial charge < -0.3 is 28.5 Å². The van der Waals surface area contributed by atoms with Crippen LogP contribution < -0.4 is 10.2 Å². The Bertz CT molecular complexity index is 1690. The molecule has 91 heavy (non-hydrogen) atoms. The highest BCUT2D eigenvalue weighted by Crippen LogP contribution is 2.38. The lowest BCUT2D eigenvalue weighted by Crippen LogP contribution is -2.47. The van der Waals surface area contributed by atoms with Crippen molar-refractivity contribution in [2.45, 2.75) is 418 Å². The standard InChI is InChI=1S/C81H155N2O7P/c1-7-10-13-16-19-22-25-28-30-32-34-36-38-40-41-43-45-47-49-51-53-56-59-62-65-68-71-74-81(85)90-79(72-69-66-63-60-57-54-27-24-21-18-15-12-9-3)78(77-89-91(86,87)88-76-75-83(4,5)6)82-80(84)73-70-67-64-61-58-55-52-50-48-46-44-42-39-37-35-33-31-29-26-23-20-17-14-11-8-2/h19,22,28,30,34,36,69,72,78-79H,7-18,20-21,23-27,29,31-33,35,37-68,70-71,73-77H2,1-6H3,(H-,82,84,86,87)/b22-19-,30-28-,36-34-,72-69+. The van der Waals surface area contributed by atoms with Crippen molar-refractivity contribution in [1.29, 1.82) is 0 Å². The van der Waals surface area contributed by atoms with Crippen molar-refractivity contribution in [1.82, 2.24) is 5.32 Å². The number of likely N-dealkylation sites (N-methyl/N-ethyl adjacent to an activating group) is 1. The van der Waals surface area contributed by atoms with Crippen LogP contribution in [-0.2, 0) is 27.9 Å². The van der Waals surface area contributed by atoms with Gasteiger partial charge in [-0.1, -0.05) is 372 Å². The largest absolute Gasteiger partial charge is 0.756 e. The first-order chi connectivity index (χ1) is 44.4. The number of amides is 1. The molecule has 0 bridgehead atoms. The molecule has 1 N–H and O–H groups in total. The molecule has 0 aromatic rings. The molecule has 0 saturated carbocycles. The fraction of sp³-hybridized carbons (Fsp3) is 0.877. The second-order valence-corrected chi connectivity index (χ2v) is 30.0. The Labute approximate surface area is 567 Å². The van der Waals surface area contributed by atoms with E-state index in [1.54, 1.807) is 0 Å². The highest BCUT2D eigenvalue weighted by molar-refractivity contribution is 7.45. The third-order valence-corrected chi connectivity index (χ3v) is 19.2. The van der Waals surface area contributed by atoms with Crippen LogP contribution in [0.4, 0.5) is 0 Å². The fourth-order valence-electron chi connectivity index (χ4n) is 12.1. The summed E-state index contributed by atoms with van der Waals surface area (Å²) in [7, 11) is 1.21. The van der Waals surface area contributed by atoms with Crippen LogP contribution in [0, 0.1) is 0 Å². The number of nitrogens with one attached hydrogen (secondary N) is 1. The maximum atomic E-state index is 13.7. The van der Waals surface area contributed by atoms with E-state index in [-0.39, 0.29) is 31.5 Å². The number of esters is 1. The van der Waals surface area contributed by atoms with Gasteiger partial charge in [0, 0.05) is 12.8 Å². The Morgan fingerprint density at radius 2 is 0.670 bits per heavy atom. The monoisotopic (exact) mass is 1300 g/mol. The van der Waals surface area contributed by atoms with Crippen LogP contribution >= 0.6 is 7.82 Å². The summed E-state index contributed by atoms with van der Waals surface area (Å²) in [6.45, 7) is 6.89. The minimum absolute atomic E-state index is 0.0196. The van der Waals surface area contributed by atoms with Gasteiger partial charge in [-0.15, -0.1) is 0 Å². The summed E-state index contributed by atoms with van der Waals surface area (Å²) >= 11 is 0. The number of nitrogens with zero attached hydrogens (tertiary/aromatic N) is 1. The number of carbonyl (C=O) groups excluding carboxylic acids is 2. The second-order valence-electron chi connectivity index (χ2n) is 28.6. The van der Waals surface area contributed by atoms with Crippen molar-refractivity contribution in [2.24, 2.45) is 0 Å². The van der Waals surface area contributed by atoms with Gasteiger partial charge in [-0.25, -0.2) is 0 Å². The molecule has 9 nitrogen and oxygen atoms in total. The predicted octanol–water partition coefficient (Wildman–Crippen LogP) is 25.3. The Balaban J connectivity index is 4.94. The van der Waals surface area contributed by atoms with Gasteiger partial charge in [0.25, 0.3) is 7.82 Å². The van der Waals surface area contributed by atoms with E-state index in [0.29, 0.717) is 17.4 Å². The molecular formula is C81H155N2O7P. The maximum absolute atomic E-state index is 13.7. The van der Waals surface area contributed by atoms with Crippen molar-refractivity contribution in [3.05, 3.63) is 48.6 Å². The molecule has 0 aliphatic heterocycles. The Morgan fingerprint density at radius 3 is 1.02 bits per heavy atom. The minimum atomic E-state index is -4.71. The zero-order chi connectivity index (χ0) is 66.3. The first kappa shape index (κ1) is 89.0. The molecule has 0 rings (SSSR count). The average Bonchev–Trinajstić information content (AvgIpc) is 3.73. The number of carbonyl (C=O) groups is 2. The number of hydrogen-bond donors (Lipinski definition) is 1. The summed E-state index contributed by atoms with van der Waals surface area (Å²) < 4.78 is 30.6. The van der Waals surface area contributed by atoms with Gasteiger partial charge in [0.15, 0.2) is 0 Å². The maximum Gasteiger partial charge on any atom is 0.306 e. The van der Waals surface area contributed by atoms with Crippen LogP contribution in [-0.4, -0.2) is 69.4 Å². The number of phosphoric ester groups is 1. The third-order valence-electron chi connectivity index (χ3n) is 18.3. The molecule has 536 valence electrons. The molecule has 0 aliphatic carbocycles. The molecule has 10 heteroatoms. The number of allylic oxidation sites excluding steroid dienone is 7. The van der Waals surface area contributed by atoms with E-state index < -0.39 is 20.0 Å². The van der Waals surface area contributed by atoms with Crippen molar-refractivity contribution < 1.29 is 37.3 Å². The zero-order valence-electron chi connectivity index (χ0n) is 61.6. The van der Waals surface area contributed by atoms with Gasteiger partial charge >= 0.3 is 5.97 Å². The van der Waals surface area contributed by atoms with Gasteiger partial charge in [-0.2, -0.15) is 0 Å². The van der Waals surface area contributed by atoms with Crippen LogP contribution in [0.2, 0.25) is 0 Å². The van der Waals surface area contributed by atoms with Crippen molar-refractivity contribution in [3.63, 3.8) is 0 Å². The quantitative estimate of drug-likeness (QED) is 0.0212. The number of ether oxygens (including phenoxy) is 1. The van der Waals surface area contributed by atoms with E-state index in [1.807, 2.05) is 33.3 Å². The minimum Gasteiger partial charge on any atom is -0.756 e. The number of unbranched alkanes of at least 4 members (excludes halogenated alkanes) is 52. The van der Waals surface area contributed by atoms with Crippen molar-refractivity contribution in [2.75, 3.05) is 40.9 Å². The predicted molar refractivity (Wildman–Crippen MR) is 395 cm³/mol. The smallest absolute Gasteiger partial charge is 0.306 e. The van der Waals surface area contributed by atoms with Gasteiger partial charge in [-0.05, 0) is 70.3 Å². The number of rotatable bonds is 74. The Morgan fingerprint density at radius 1 is 0.385 bits per heavy atom. The molecule has 0 saturated heterocycles. The fourth-order valence-corrected chi connectivity index (χ4v) is 12.8. The molecular weight excluding hydrogens is 1140 g/mol. The first-order valence-electron chi connectivity index (χ1n) is 39.9. The summed E-state index contributed by atoms with van der Waals surface area (Å²) in [4.78, 5) is 40.4. The Hall–Kier alpha value is -2.03. The second kappa shape index (κ2) is 70.8. The number of hydrogen-bond acceptors (Lipinski definition) is 7. The summed E-state index contributed by atoms with van der Waals surface area (Å²) in [5, 5.41) is 3.06. The molecule has 0 spiro atoms. The summed E-state index contributed by atoms with van der Waals surface area (Å²) in [6, 6.07) is -0.887. The molecule has 0 aromatic heterocycles. The molecule has 0 radical (unpaired) electrons. The average molecular weight is 1300 g/mol. The molecule has 0 fully saturated rings. The summed E-state index contributed by atoms with van der Waals surface area (Å²) in [5.74, 6) is -0.518. The SMILES string of the molecule is CCCCC/C=C\C/C=C\C/C=C\CCCCCCCCCCCCCCCCC(=O)OC(/C=C/CCCCCCCCCCCCC)C(COP(=O)([O-])OCC[N+](C)(C)C)NC(=O)CCCCCCCCCCCCCCCCCCCCCCCCCCC. The van der Waals surface area contributed by atoms with Crippen LogP contribution in [0.15, 0.2) is 48.6 Å². The van der Waals surface area contributed by atoms with E-state index in [1.165, 1.54) is 302 Å². The van der Waals surface area contributed by atoms with E-state index in [0.717, 1.165) is 70.6 Å². The third kappa shape index (κ3) is 72.1. The molecule has 1 amide bonds. The number of phosphoric acid groups is 1. The van der Waals surface area contributed by atoms with E-state index in [9.17, 15) is 19.0 Å². The highest BCUT2D eigenvalue weighted by Gasteiger charge is 2.27. The lowest BCUT2D eigenvalue weighted by molar-refractivity contribution is -0.870. The van der Waals surface area contributed by atoms with Crippen LogP contribution in [0.1, 0.15) is 406 Å². The lowest BCUT2D eigenvalue weighted by Gasteiger charge is -2.30. The molecule has 0 aromatic carbocycles. The normalized spacial score (nSPS) is 13.6. The molecule has 3 unspecified atom stereocenters. The summed E-state index contributed by atoms with van der Waals surface area (Å²) in [5.41, 5.74) is 0. The first-order valence-corrected chi connectivity index (χ1v) is 41.4. The van der Waals surface area contributed by atoms with Gasteiger partial charge in [-0.3, -0.25) is 14.2 Å². The van der Waals surface area contributed by atoms with E-state index in [2.05, 4.69) is 62.5 Å². The topological polar surface area (TPSA) is 114 Å². The lowest BCUT2D eigenvalue weighted by atomic mass is 10.0. The Kier molecular flexibility index (Phi) is 69.2. The van der Waals surface area contributed by atoms with Gasteiger partial charge in [0.05, 0.1) is 33.8 Å². The number of quaternary nitrogens is 1. The molecule has 0 heterocycles. The molecule has 0 aliphatic rings. The molecule has 3 atom stereocenters. The van der Waals surface area contributed by atoms with Crippen LogP contribution in [0.3, 0.4) is 0 Å². The van der Waals surface area contributed by atoms with Gasteiger partial charge in [0.1, 0.15) is 19.3 Å². The van der Waals surface area contributed by atoms with Crippen molar-refractivity contribution >= 4 is 19.7 Å². The van der Waals surface area contributed by atoms with Crippen molar-refractivity contribution in [3.8, 4) is 0 Å². The van der Waals surface area contributed by atoms with E-state index >= 15 is 0 Å². The highest BCUT2D eigenvalue weighted by atomic mass is 31.2. The van der Waals surface area contributed by atoms with Crippen LogP contribution in [0.5, 0.6) is 0 Å².